The fourth-order valence-corrected chi connectivity index (χ4v) is 2.16. The lowest BCUT2D eigenvalue weighted by Gasteiger charge is -2.24. The van der Waals surface area contributed by atoms with Crippen molar-refractivity contribution in [3.63, 3.8) is 0 Å². The van der Waals surface area contributed by atoms with Crippen molar-refractivity contribution in [1.29, 1.82) is 0 Å². The van der Waals surface area contributed by atoms with E-state index in [1.807, 2.05) is 0 Å². The highest BCUT2D eigenvalue weighted by Crippen LogP contribution is 2.38. The molecule has 0 aromatic heterocycles. The molecule has 0 spiro atoms. The van der Waals surface area contributed by atoms with E-state index in [-0.39, 0.29) is 5.97 Å². The van der Waals surface area contributed by atoms with Gasteiger partial charge in [-0.3, -0.25) is 9.59 Å². The zero-order valence-corrected chi connectivity index (χ0v) is 14.5. The van der Waals surface area contributed by atoms with E-state index >= 15 is 0 Å². The van der Waals surface area contributed by atoms with Gasteiger partial charge in [-0.1, -0.05) is 0 Å². The van der Waals surface area contributed by atoms with Crippen LogP contribution in [0.15, 0.2) is 12.1 Å². The lowest BCUT2D eigenvalue weighted by Crippen LogP contribution is -2.29. The van der Waals surface area contributed by atoms with Crippen molar-refractivity contribution in [3.8, 4) is 17.2 Å². The van der Waals surface area contributed by atoms with Gasteiger partial charge in [0.25, 0.3) is 0 Å². The summed E-state index contributed by atoms with van der Waals surface area (Å²) in [5, 5.41) is 0. The van der Waals surface area contributed by atoms with Crippen LogP contribution in [0.4, 0.5) is 0 Å². The van der Waals surface area contributed by atoms with Gasteiger partial charge in [-0.2, -0.15) is 0 Å². The molecule has 0 amide bonds. The Morgan fingerprint density at radius 3 is 2.17 bits per heavy atom. The molecule has 0 N–H and O–H groups in total. The van der Waals surface area contributed by atoms with Gasteiger partial charge in [-0.05, 0) is 27.2 Å². The van der Waals surface area contributed by atoms with Gasteiger partial charge in [0.05, 0.1) is 26.2 Å². The highest BCUT2D eigenvalue weighted by molar-refractivity contribution is 5.77. The van der Waals surface area contributed by atoms with Gasteiger partial charge in [0, 0.05) is 24.6 Å². The van der Waals surface area contributed by atoms with E-state index in [0.29, 0.717) is 35.8 Å². The van der Waals surface area contributed by atoms with E-state index in [0.717, 1.165) is 0 Å². The van der Waals surface area contributed by atoms with Crippen LogP contribution >= 0.6 is 0 Å². The van der Waals surface area contributed by atoms with E-state index in [1.54, 1.807) is 32.9 Å². The average molecular weight is 324 g/mol. The van der Waals surface area contributed by atoms with Crippen LogP contribution in [0, 0.1) is 5.41 Å². The second kappa shape index (κ2) is 7.85. The minimum Gasteiger partial charge on any atom is -0.496 e. The third-order valence-corrected chi connectivity index (χ3v) is 3.30. The van der Waals surface area contributed by atoms with Crippen molar-refractivity contribution in [2.24, 2.45) is 5.41 Å². The lowest BCUT2D eigenvalue weighted by atomic mass is 9.85. The van der Waals surface area contributed by atoms with Crippen LogP contribution in [-0.2, 0) is 20.7 Å². The minimum absolute atomic E-state index is 0.293. The Bertz CT molecular complexity index is 577. The molecule has 1 aromatic carbocycles. The number of hydrogen-bond donors (Lipinski definition) is 0. The maximum atomic E-state index is 12.1. The molecule has 6 heteroatoms. The molecule has 0 fully saturated rings. The molecule has 0 heterocycles. The van der Waals surface area contributed by atoms with Crippen LogP contribution in [0.5, 0.6) is 17.2 Å². The molecule has 0 unspecified atom stereocenters. The Labute approximate surface area is 136 Å². The number of carbonyl (C=O) groups excluding carboxylic acids is 2. The molecule has 0 aliphatic heterocycles. The van der Waals surface area contributed by atoms with Gasteiger partial charge in [0.1, 0.15) is 17.2 Å². The van der Waals surface area contributed by atoms with Crippen molar-refractivity contribution in [3.05, 3.63) is 17.7 Å². The van der Waals surface area contributed by atoms with E-state index in [9.17, 15) is 9.59 Å². The monoisotopic (exact) mass is 324 g/mol. The molecule has 1 aromatic rings. The van der Waals surface area contributed by atoms with Gasteiger partial charge < -0.3 is 18.9 Å². The summed E-state index contributed by atoms with van der Waals surface area (Å²) in [7, 11) is 3.02. The Morgan fingerprint density at radius 2 is 1.70 bits per heavy atom. The minimum atomic E-state index is -0.799. The second-order valence-corrected chi connectivity index (χ2v) is 5.68. The predicted octanol–water partition coefficient (Wildman–Crippen LogP) is 2.76. The summed E-state index contributed by atoms with van der Waals surface area (Å²) in [6.45, 7) is 6.91. The number of esters is 2. The zero-order valence-electron chi connectivity index (χ0n) is 14.5. The van der Waals surface area contributed by atoms with Crippen LogP contribution < -0.4 is 14.2 Å². The summed E-state index contributed by atoms with van der Waals surface area (Å²) in [6, 6.07) is 3.28. The Kier molecular flexibility index (Phi) is 6.42. The molecule has 0 aliphatic rings. The highest BCUT2D eigenvalue weighted by atomic mass is 16.5. The first-order valence-electron chi connectivity index (χ1n) is 7.35. The normalized spacial score (nSPS) is 10.9. The maximum absolute atomic E-state index is 12.1. The summed E-state index contributed by atoms with van der Waals surface area (Å²) in [5.74, 6) is 0.502. The largest absolute Gasteiger partial charge is 0.496 e. The van der Waals surface area contributed by atoms with E-state index in [1.165, 1.54) is 21.1 Å². The first-order chi connectivity index (χ1) is 10.7. The van der Waals surface area contributed by atoms with Crippen LogP contribution in [0.2, 0.25) is 0 Å². The molecule has 1 rings (SSSR count). The number of hydrogen-bond acceptors (Lipinski definition) is 6. The molecule has 128 valence electrons. The lowest BCUT2D eigenvalue weighted by molar-refractivity contribution is -0.153. The van der Waals surface area contributed by atoms with Gasteiger partial charge >= 0.3 is 11.9 Å². The van der Waals surface area contributed by atoms with Crippen molar-refractivity contribution in [1.82, 2.24) is 0 Å². The van der Waals surface area contributed by atoms with Gasteiger partial charge in [0.2, 0.25) is 0 Å². The summed E-state index contributed by atoms with van der Waals surface area (Å²) in [6.07, 6.45) is 0.293. The van der Waals surface area contributed by atoms with Crippen molar-refractivity contribution in [2.45, 2.75) is 34.1 Å². The van der Waals surface area contributed by atoms with Gasteiger partial charge in [0.15, 0.2) is 0 Å². The van der Waals surface area contributed by atoms with Crippen LogP contribution in [0.3, 0.4) is 0 Å². The molecule has 0 aliphatic carbocycles. The first-order valence-corrected chi connectivity index (χ1v) is 7.35. The molecule has 23 heavy (non-hydrogen) atoms. The summed E-state index contributed by atoms with van der Waals surface area (Å²) >= 11 is 0. The molecule has 0 atom stereocenters. The number of benzene rings is 1. The fourth-order valence-electron chi connectivity index (χ4n) is 2.16. The Balaban J connectivity index is 3.31. The number of ether oxygens (including phenoxy) is 4. The average Bonchev–Trinajstić information content (AvgIpc) is 2.48. The van der Waals surface area contributed by atoms with E-state index in [4.69, 9.17) is 18.9 Å². The predicted molar refractivity (Wildman–Crippen MR) is 85.0 cm³/mol. The molecule has 0 bridgehead atoms. The molecule has 0 saturated carbocycles. The van der Waals surface area contributed by atoms with Crippen molar-refractivity contribution < 1.29 is 28.5 Å². The third kappa shape index (κ3) is 4.87. The Hall–Kier alpha value is -2.24. The summed E-state index contributed by atoms with van der Waals surface area (Å²) in [5.41, 5.74) is -0.186. The van der Waals surface area contributed by atoms with Gasteiger partial charge in [-0.15, -0.1) is 0 Å². The van der Waals surface area contributed by atoms with Crippen LogP contribution in [-0.4, -0.2) is 32.8 Å². The SMILES string of the molecule is CCOC(=O)C(C)(C)Cc1c(OC)cc(OC)cc1OC(C)=O. The van der Waals surface area contributed by atoms with Crippen molar-refractivity contribution >= 4 is 11.9 Å². The maximum Gasteiger partial charge on any atom is 0.311 e. The summed E-state index contributed by atoms with van der Waals surface area (Å²) in [4.78, 5) is 23.5. The second-order valence-electron chi connectivity index (χ2n) is 5.68. The fraction of sp³-hybridized carbons (Fsp3) is 0.529. The third-order valence-electron chi connectivity index (χ3n) is 3.30. The topological polar surface area (TPSA) is 71.1 Å². The summed E-state index contributed by atoms with van der Waals surface area (Å²) < 4.78 is 20.9. The smallest absolute Gasteiger partial charge is 0.311 e. The zero-order chi connectivity index (χ0) is 17.6. The van der Waals surface area contributed by atoms with Crippen molar-refractivity contribution in [2.75, 3.05) is 20.8 Å². The molecule has 6 nitrogen and oxygen atoms in total. The van der Waals surface area contributed by atoms with Crippen LogP contribution in [0.25, 0.3) is 0 Å². The number of methoxy groups -OCH3 is 2. The molecular weight excluding hydrogens is 300 g/mol. The first kappa shape index (κ1) is 18.8. The van der Waals surface area contributed by atoms with Gasteiger partial charge in [-0.25, -0.2) is 0 Å². The molecular formula is C17H24O6. The standard InChI is InChI=1S/C17H24O6/c1-7-22-16(19)17(3,4)10-13-14(21-6)8-12(20-5)9-15(13)23-11(2)18/h8-9H,7,10H2,1-6H3. The molecule has 0 radical (unpaired) electrons. The van der Waals surface area contributed by atoms with E-state index in [2.05, 4.69) is 0 Å². The quantitative estimate of drug-likeness (QED) is 0.567. The van der Waals surface area contributed by atoms with E-state index < -0.39 is 11.4 Å². The number of carbonyl (C=O) groups is 2. The van der Waals surface area contributed by atoms with Crippen LogP contribution in [0.1, 0.15) is 33.3 Å². The Morgan fingerprint density at radius 1 is 1.09 bits per heavy atom. The number of rotatable bonds is 7. The highest BCUT2D eigenvalue weighted by Gasteiger charge is 2.32. The molecule has 0 saturated heterocycles.